The van der Waals surface area contributed by atoms with Crippen molar-refractivity contribution in [3.8, 4) is 0 Å². The predicted molar refractivity (Wildman–Crippen MR) is 69.4 cm³/mol. The van der Waals surface area contributed by atoms with Crippen LogP contribution in [0, 0.1) is 0 Å². The number of hydrogen-bond donors (Lipinski definition) is 1. The molecule has 0 amide bonds. The van der Waals surface area contributed by atoms with Crippen molar-refractivity contribution in [1.29, 1.82) is 0 Å². The number of nitrogens with zero attached hydrogens (tertiary/aromatic N) is 2. The lowest BCUT2D eigenvalue weighted by atomic mass is 10.3. The summed E-state index contributed by atoms with van der Waals surface area (Å²) >= 11 is 3.25. The molecule has 6 nitrogen and oxygen atoms in total. The van der Waals surface area contributed by atoms with Crippen LogP contribution in [0.2, 0.25) is 0 Å². The van der Waals surface area contributed by atoms with Crippen molar-refractivity contribution < 1.29 is 18.3 Å². The summed E-state index contributed by atoms with van der Waals surface area (Å²) < 4.78 is 27.6. The Morgan fingerprint density at radius 3 is 2.83 bits per heavy atom. The zero-order valence-corrected chi connectivity index (χ0v) is 11.5. The van der Waals surface area contributed by atoms with E-state index in [1.54, 1.807) is 12.1 Å². The van der Waals surface area contributed by atoms with E-state index in [1.807, 2.05) is 0 Å². The van der Waals surface area contributed by atoms with Gasteiger partial charge in [-0.1, -0.05) is 15.9 Å². The molecule has 0 spiro atoms. The van der Waals surface area contributed by atoms with Gasteiger partial charge >= 0.3 is 5.97 Å². The minimum absolute atomic E-state index is 0.0820. The molecule has 1 aliphatic rings. The number of fused-ring (bicyclic) bond motifs is 1. The van der Waals surface area contributed by atoms with Crippen LogP contribution in [-0.4, -0.2) is 32.4 Å². The van der Waals surface area contributed by atoms with Crippen LogP contribution in [0.1, 0.15) is 6.42 Å². The summed E-state index contributed by atoms with van der Waals surface area (Å²) in [6.45, 7) is 0.164. The lowest BCUT2D eigenvalue weighted by Crippen LogP contribution is -2.29. The smallest absolute Gasteiger partial charge is 0.305 e. The van der Waals surface area contributed by atoms with Crippen molar-refractivity contribution in [3.63, 3.8) is 0 Å². The molecule has 2 rings (SSSR count). The summed E-state index contributed by atoms with van der Waals surface area (Å²) in [6, 6.07) is 4.67. The molecule has 0 fully saturated rings. The van der Waals surface area contributed by atoms with Gasteiger partial charge < -0.3 is 10.0 Å². The topological polar surface area (TPSA) is 87.0 Å². The number of sulfonamides is 1. The molecule has 8 heteroatoms. The number of halogens is 1. The van der Waals surface area contributed by atoms with Crippen molar-refractivity contribution >= 4 is 43.9 Å². The highest BCUT2D eigenvalue weighted by Crippen LogP contribution is 2.32. The van der Waals surface area contributed by atoms with Gasteiger partial charge in [-0.25, -0.2) is 0 Å². The van der Waals surface area contributed by atoms with Crippen LogP contribution in [-0.2, 0) is 14.8 Å². The molecule has 0 radical (unpaired) electrons. The number of benzene rings is 1. The normalized spacial score (nSPS) is 16.4. The van der Waals surface area contributed by atoms with E-state index in [2.05, 4.69) is 20.3 Å². The van der Waals surface area contributed by atoms with Crippen molar-refractivity contribution in [3.05, 3.63) is 22.7 Å². The van der Waals surface area contributed by atoms with Crippen LogP contribution >= 0.6 is 15.9 Å². The van der Waals surface area contributed by atoms with E-state index in [0.717, 1.165) is 6.34 Å². The monoisotopic (exact) mass is 332 g/mol. The molecule has 0 aromatic heterocycles. The van der Waals surface area contributed by atoms with Gasteiger partial charge in [0.15, 0.2) is 0 Å². The molecule has 0 bridgehead atoms. The minimum atomic E-state index is -3.67. The first-order chi connectivity index (χ1) is 8.40. The Hall–Kier alpha value is -1.41. The molecule has 0 atom stereocenters. The fraction of sp³-hybridized carbons (Fsp3) is 0.200. The number of carbonyl (C=O) groups is 1. The summed E-state index contributed by atoms with van der Waals surface area (Å²) in [6.07, 6.45) is 1.05. The summed E-state index contributed by atoms with van der Waals surface area (Å²) in [4.78, 5) is 12.1. The average molecular weight is 333 g/mol. The molecule has 1 N–H and O–H groups in total. The molecule has 0 aliphatic carbocycles. The number of anilines is 1. The van der Waals surface area contributed by atoms with Crippen molar-refractivity contribution in [2.45, 2.75) is 11.3 Å². The van der Waals surface area contributed by atoms with E-state index in [9.17, 15) is 13.2 Å². The van der Waals surface area contributed by atoms with Gasteiger partial charge in [0.25, 0.3) is 10.0 Å². The number of rotatable bonds is 3. The number of carboxylic acid groups (broad SMARTS) is 1. The van der Waals surface area contributed by atoms with Crippen LogP contribution in [0.5, 0.6) is 0 Å². The molecule has 0 unspecified atom stereocenters. The largest absolute Gasteiger partial charge is 0.481 e. The summed E-state index contributed by atoms with van der Waals surface area (Å²) in [5.41, 5.74) is 0.431. The lowest BCUT2D eigenvalue weighted by Gasteiger charge is -2.24. The van der Waals surface area contributed by atoms with Crippen LogP contribution in [0.25, 0.3) is 0 Å². The number of aliphatic carboxylic acids is 1. The summed E-state index contributed by atoms with van der Waals surface area (Å²) in [5.74, 6) is -0.951. The molecule has 1 aliphatic heterocycles. The third-order valence-electron chi connectivity index (χ3n) is 2.40. The SMILES string of the molecule is O=C(O)CCN1C=NS(=O)(=O)c2ccc(Br)cc21. The second-order valence-electron chi connectivity index (χ2n) is 3.65. The van der Waals surface area contributed by atoms with Gasteiger partial charge in [-0.2, -0.15) is 8.42 Å². The van der Waals surface area contributed by atoms with Crippen molar-refractivity contribution in [2.75, 3.05) is 11.4 Å². The Balaban J connectivity index is 2.43. The Labute approximate surface area is 112 Å². The number of carboxylic acids is 1. The van der Waals surface area contributed by atoms with Gasteiger partial charge in [-0.3, -0.25) is 4.79 Å². The van der Waals surface area contributed by atoms with Crippen LogP contribution in [0.3, 0.4) is 0 Å². The first-order valence-electron chi connectivity index (χ1n) is 4.98. The van der Waals surface area contributed by atoms with E-state index in [0.29, 0.717) is 10.2 Å². The van der Waals surface area contributed by atoms with Crippen LogP contribution in [0.4, 0.5) is 5.69 Å². The molecular formula is C10H9BrN2O4S. The zero-order chi connectivity index (χ0) is 13.3. The highest BCUT2D eigenvalue weighted by molar-refractivity contribution is 9.10. The second kappa shape index (κ2) is 4.69. The molecule has 0 saturated heterocycles. The quantitative estimate of drug-likeness (QED) is 0.905. The fourth-order valence-electron chi connectivity index (χ4n) is 1.57. The van der Waals surface area contributed by atoms with Crippen molar-refractivity contribution in [1.82, 2.24) is 0 Å². The molecule has 18 heavy (non-hydrogen) atoms. The zero-order valence-electron chi connectivity index (χ0n) is 9.08. The molecule has 1 aromatic rings. The Morgan fingerprint density at radius 1 is 1.44 bits per heavy atom. The highest BCUT2D eigenvalue weighted by atomic mass is 79.9. The maximum absolute atomic E-state index is 11.7. The average Bonchev–Trinajstić information content (AvgIpc) is 2.27. The van der Waals surface area contributed by atoms with Gasteiger partial charge in [-0.15, -0.1) is 4.40 Å². The van der Waals surface area contributed by atoms with Gasteiger partial charge in [0.05, 0.1) is 12.1 Å². The third-order valence-corrected chi connectivity index (χ3v) is 4.17. The molecule has 1 aromatic carbocycles. The van der Waals surface area contributed by atoms with Gasteiger partial charge in [-0.05, 0) is 18.2 Å². The van der Waals surface area contributed by atoms with Gasteiger partial charge in [0, 0.05) is 11.0 Å². The second-order valence-corrected chi connectivity index (χ2v) is 6.16. The fourth-order valence-corrected chi connectivity index (χ4v) is 2.95. The summed E-state index contributed by atoms with van der Waals surface area (Å²) in [5, 5.41) is 8.65. The first-order valence-corrected chi connectivity index (χ1v) is 7.22. The van der Waals surface area contributed by atoms with Crippen LogP contribution < -0.4 is 4.90 Å². The predicted octanol–water partition coefficient (Wildman–Crippen LogP) is 1.46. The number of hydrogen-bond acceptors (Lipinski definition) is 4. The third kappa shape index (κ3) is 2.54. The molecule has 1 heterocycles. The Bertz CT molecular complexity index is 627. The Morgan fingerprint density at radius 2 is 2.17 bits per heavy atom. The maximum atomic E-state index is 11.7. The van der Waals surface area contributed by atoms with Gasteiger partial charge in [0.2, 0.25) is 0 Å². The minimum Gasteiger partial charge on any atom is -0.481 e. The standard InChI is InChI=1S/C10H9BrN2O4S/c11-7-1-2-9-8(5-7)13(4-3-10(14)15)6-12-18(9,16)17/h1-2,5-6H,3-4H2,(H,14,15). The first kappa shape index (κ1) is 13.0. The molecule has 96 valence electrons. The van der Waals surface area contributed by atoms with E-state index in [1.165, 1.54) is 11.0 Å². The van der Waals surface area contributed by atoms with E-state index in [-0.39, 0.29) is 17.9 Å². The van der Waals surface area contributed by atoms with E-state index in [4.69, 9.17) is 5.11 Å². The maximum Gasteiger partial charge on any atom is 0.305 e. The summed E-state index contributed by atoms with van der Waals surface area (Å²) in [7, 11) is -3.67. The van der Waals surface area contributed by atoms with Crippen molar-refractivity contribution in [2.24, 2.45) is 4.40 Å². The van der Waals surface area contributed by atoms with E-state index < -0.39 is 16.0 Å². The van der Waals surface area contributed by atoms with Gasteiger partial charge in [0.1, 0.15) is 11.2 Å². The molecule has 0 saturated carbocycles. The van der Waals surface area contributed by atoms with E-state index >= 15 is 0 Å². The Kier molecular flexibility index (Phi) is 3.40. The molecular weight excluding hydrogens is 324 g/mol. The van der Waals surface area contributed by atoms with Crippen LogP contribution in [0.15, 0.2) is 32.0 Å². The lowest BCUT2D eigenvalue weighted by molar-refractivity contribution is -0.136. The highest BCUT2D eigenvalue weighted by Gasteiger charge is 2.25.